The SMILES string of the molecule is O=C1N[C@@H](COCc2ccccc2)C(=O)N2CCN(C(=O)c3ccc(C(F)(F)F)cc3)C[C@H]12. The number of ether oxygens (including phenoxy) is 1. The summed E-state index contributed by atoms with van der Waals surface area (Å²) in [5.41, 5.74) is 0.188. The maximum atomic E-state index is 12.8. The van der Waals surface area contributed by atoms with Crippen LogP contribution in [-0.4, -0.2) is 65.8 Å². The lowest BCUT2D eigenvalue weighted by molar-refractivity contribution is -0.154. The number of rotatable bonds is 5. The van der Waals surface area contributed by atoms with Gasteiger partial charge in [-0.25, -0.2) is 0 Å². The van der Waals surface area contributed by atoms with Crippen LogP contribution in [-0.2, 0) is 27.1 Å². The summed E-state index contributed by atoms with van der Waals surface area (Å²) in [6, 6.07) is 11.7. The summed E-state index contributed by atoms with van der Waals surface area (Å²) in [5, 5.41) is 2.66. The molecule has 3 amide bonds. The van der Waals surface area contributed by atoms with Gasteiger partial charge < -0.3 is 19.9 Å². The lowest BCUT2D eigenvalue weighted by atomic mass is 10.0. The van der Waals surface area contributed by atoms with Gasteiger partial charge in [-0.15, -0.1) is 0 Å². The van der Waals surface area contributed by atoms with Crippen LogP contribution in [0.4, 0.5) is 13.2 Å². The van der Waals surface area contributed by atoms with Crippen molar-refractivity contribution in [2.75, 3.05) is 26.2 Å². The van der Waals surface area contributed by atoms with Gasteiger partial charge in [0.25, 0.3) is 5.91 Å². The van der Waals surface area contributed by atoms with Crippen LogP contribution in [0, 0.1) is 0 Å². The van der Waals surface area contributed by atoms with E-state index in [1.807, 2.05) is 30.3 Å². The van der Waals surface area contributed by atoms with Crippen molar-refractivity contribution in [3.05, 3.63) is 71.3 Å². The molecule has 0 radical (unpaired) electrons. The van der Waals surface area contributed by atoms with E-state index in [4.69, 9.17) is 4.74 Å². The predicted octanol–water partition coefficient (Wildman–Crippen LogP) is 2.07. The Balaban J connectivity index is 1.35. The normalized spacial score (nSPS) is 20.9. The second kappa shape index (κ2) is 9.22. The maximum Gasteiger partial charge on any atom is 0.416 e. The van der Waals surface area contributed by atoms with Crippen molar-refractivity contribution in [2.24, 2.45) is 0 Å². The summed E-state index contributed by atoms with van der Waals surface area (Å²) in [6.45, 7) is 0.622. The minimum Gasteiger partial charge on any atom is -0.374 e. The third-order valence-electron chi connectivity index (χ3n) is 5.72. The molecule has 0 aliphatic carbocycles. The number of piperazine rings is 2. The van der Waals surface area contributed by atoms with E-state index in [9.17, 15) is 27.6 Å². The van der Waals surface area contributed by atoms with E-state index in [0.717, 1.165) is 29.8 Å². The van der Waals surface area contributed by atoms with Crippen LogP contribution in [0.3, 0.4) is 0 Å². The second-order valence-electron chi connectivity index (χ2n) is 7.94. The molecule has 2 saturated heterocycles. The van der Waals surface area contributed by atoms with Crippen LogP contribution in [0.25, 0.3) is 0 Å². The molecule has 1 N–H and O–H groups in total. The molecule has 174 valence electrons. The van der Waals surface area contributed by atoms with Crippen LogP contribution in [0.2, 0.25) is 0 Å². The van der Waals surface area contributed by atoms with E-state index in [1.54, 1.807) is 0 Å². The number of nitrogens with one attached hydrogen (secondary N) is 1. The van der Waals surface area contributed by atoms with Crippen molar-refractivity contribution in [1.82, 2.24) is 15.1 Å². The monoisotopic (exact) mass is 461 g/mol. The molecule has 4 rings (SSSR count). The molecule has 2 heterocycles. The molecule has 2 fully saturated rings. The molecule has 10 heteroatoms. The van der Waals surface area contributed by atoms with E-state index >= 15 is 0 Å². The summed E-state index contributed by atoms with van der Waals surface area (Å²) < 4.78 is 43.9. The number of carbonyl (C=O) groups excluding carboxylic acids is 3. The highest BCUT2D eigenvalue weighted by molar-refractivity contribution is 5.99. The first-order chi connectivity index (χ1) is 15.7. The van der Waals surface area contributed by atoms with Crippen LogP contribution < -0.4 is 5.32 Å². The lowest BCUT2D eigenvalue weighted by Crippen LogP contribution is -2.70. The van der Waals surface area contributed by atoms with E-state index in [2.05, 4.69) is 5.32 Å². The molecule has 2 aliphatic rings. The number of fused-ring (bicyclic) bond motifs is 1. The molecule has 0 aromatic heterocycles. The molecular formula is C23H22F3N3O4. The molecular weight excluding hydrogens is 439 g/mol. The zero-order chi connectivity index (χ0) is 23.6. The summed E-state index contributed by atoms with van der Waals surface area (Å²) in [7, 11) is 0. The van der Waals surface area contributed by atoms with Crippen LogP contribution in [0.5, 0.6) is 0 Å². The topological polar surface area (TPSA) is 79.0 Å². The molecule has 2 aromatic carbocycles. The third-order valence-corrected chi connectivity index (χ3v) is 5.72. The molecule has 33 heavy (non-hydrogen) atoms. The van der Waals surface area contributed by atoms with Crippen LogP contribution >= 0.6 is 0 Å². The highest BCUT2D eigenvalue weighted by atomic mass is 19.4. The van der Waals surface area contributed by atoms with Gasteiger partial charge in [0.2, 0.25) is 11.8 Å². The maximum absolute atomic E-state index is 12.8. The Morgan fingerprint density at radius 3 is 2.39 bits per heavy atom. The van der Waals surface area contributed by atoms with E-state index in [0.29, 0.717) is 6.61 Å². The highest BCUT2D eigenvalue weighted by Gasteiger charge is 2.44. The third kappa shape index (κ3) is 5.00. The Hall–Kier alpha value is -3.40. The fraction of sp³-hybridized carbons (Fsp3) is 0.348. The van der Waals surface area contributed by atoms with Gasteiger partial charge in [-0.2, -0.15) is 13.2 Å². The second-order valence-corrected chi connectivity index (χ2v) is 7.94. The van der Waals surface area contributed by atoms with E-state index < -0.39 is 35.6 Å². The Morgan fingerprint density at radius 2 is 1.73 bits per heavy atom. The standard InChI is InChI=1S/C23H22F3N3O4/c24-23(25,26)17-8-6-16(7-9-17)21(31)28-10-11-29-19(12-28)20(30)27-18(22(29)32)14-33-13-15-4-2-1-3-5-15/h1-9,18-19H,10-14H2,(H,27,30)/t18-,19+/m0/s1. The Morgan fingerprint density at radius 1 is 1.03 bits per heavy atom. The molecule has 2 atom stereocenters. The van der Waals surface area contributed by atoms with E-state index in [1.165, 1.54) is 9.80 Å². The number of carbonyl (C=O) groups is 3. The molecule has 0 spiro atoms. The Bertz CT molecular complexity index is 1030. The van der Waals surface area contributed by atoms with Gasteiger partial charge in [0.1, 0.15) is 12.1 Å². The molecule has 7 nitrogen and oxygen atoms in total. The average Bonchev–Trinajstić information content (AvgIpc) is 2.81. The summed E-state index contributed by atoms with van der Waals surface area (Å²) in [4.78, 5) is 41.1. The molecule has 0 bridgehead atoms. The molecule has 0 unspecified atom stereocenters. The largest absolute Gasteiger partial charge is 0.416 e. The van der Waals surface area contributed by atoms with Gasteiger partial charge in [0, 0.05) is 18.7 Å². The zero-order valence-electron chi connectivity index (χ0n) is 17.5. The Kier molecular flexibility index (Phi) is 6.37. The first-order valence-electron chi connectivity index (χ1n) is 10.4. The summed E-state index contributed by atoms with van der Waals surface area (Å²) in [5.74, 6) is -1.17. The smallest absolute Gasteiger partial charge is 0.374 e. The fourth-order valence-corrected chi connectivity index (χ4v) is 3.95. The average molecular weight is 461 g/mol. The number of halogens is 3. The van der Waals surface area contributed by atoms with Crippen molar-refractivity contribution in [3.8, 4) is 0 Å². The molecule has 2 aromatic rings. The molecule has 0 saturated carbocycles. The number of benzene rings is 2. The van der Waals surface area contributed by atoms with Crippen molar-refractivity contribution in [3.63, 3.8) is 0 Å². The number of hydrogen-bond donors (Lipinski definition) is 1. The van der Waals surface area contributed by atoms with E-state index in [-0.39, 0.29) is 37.7 Å². The number of amides is 3. The van der Waals surface area contributed by atoms with Crippen LogP contribution in [0.15, 0.2) is 54.6 Å². The van der Waals surface area contributed by atoms with Gasteiger partial charge in [-0.05, 0) is 29.8 Å². The highest BCUT2D eigenvalue weighted by Crippen LogP contribution is 2.29. The minimum atomic E-state index is -4.49. The summed E-state index contributed by atoms with van der Waals surface area (Å²) >= 11 is 0. The lowest BCUT2D eigenvalue weighted by Gasteiger charge is -2.45. The van der Waals surface area contributed by atoms with Crippen LogP contribution in [0.1, 0.15) is 21.5 Å². The number of hydrogen-bond acceptors (Lipinski definition) is 4. The zero-order valence-corrected chi connectivity index (χ0v) is 17.5. The van der Waals surface area contributed by atoms with Crippen molar-refractivity contribution in [2.45, 2.75) is 24.9 Å². The van der Waals surface area contributed by atoms with Gasteiger partial charge in [-0.1, -0.05) is 30.3 Å². The van der Waals surface area contributed by atoms with Gasteiger partial charge in [0.15, 0.2) is 0 Å². The molecule has 2 aliphatic heterocycles. The first-order valence-corrected chi connectivity index (χ1v) is 10.4. The first kappa shape index (κ1) is 22.8. The van der Waals surface area contributed by atoms with Gasteiger partial charge in [-0.3, -0.25) is 14.4 Å². The number of nitrogens with zero attached hydrogens (tertiary/aromatic N) is 2. The van der Waals surface area contributed by atoms with Crippen molar-refractivity contribution in [1.29, 1.82) is 0 Å². The van der Waals surface area contributed by atoms with Gasteiger partial charge >= 0.3 is 6.18 Å². The summed E-state index contributed by atoms with van der Waals surface area (Å²) in [6.07, 6.45) is -4.49. The van der Waals surface area contributed by atoms with Crippen molar-refractivity contribution >= 4 is 17.7 Å². The number of alkyl halides is 3. The Labute approximate surface area is 188 Å². The fourth-order valence-electron chi connectivity index (χ4n) is 3.95. The quantitative estimate of drug-likeness (QED) is 0.740. The predicted molar refractivity (Wildman–Crippen MR) is 111 cm³/mol. The van der Waals surface area contributed by atoms with Crippen molar-refractivity contribution < 1.29 is 32.3 Å². The minimum absolute atomic E-state index is 0.0247. The van der Waals surface area contributed by atoms with Gasteiger partial charge in [0.05, 0.1) is 25.3 Å².